The molecule has 0 saturated carbocycles. The summed E-state index contributed by atoms with van der Waals surface area (Å²) in [6.07, 6.45) is 0.368. The van der Waals surface area contributed by atoms with Gasteiger partial charge in [-0.2, -0.15) is 0 Å². The topological polar surface area (TPSA) is 55.8 Å². The number of hydrogen-bond acceptors (Lipinski definition) is 4. The summed E-state index contributed by atoms with van der Waals surface area (Å²) in [7, 11) is 0. The number of halogens is 1. The molecular weight excluding hydrogens is 266 g/mol. The molecule has 2 aliphatic rings. The lowest BCUT2D eigenvalue weighted by Gasteiger charge is -2.39. The fraction of sp³-hybridized carbons (Fsp3) is 0.923. The van der Waals surface area contributed by atoms with Crippen LogP contribution in [0.5, 0.6) is 0 Å². The summed E-state index contributed by atoms with van der Waals surface area (Å²) in [5.41, 5.74) is 0.385. The third-order valence-corrected chi connectivity index (χ3v) is 4.10. The Hall–Kier alpha value is -0.360. The van der Waals surface area contributed by atoms with Crippen molar-refractivity contribution in [3.63, 3.8) is 0 Å². The van der Waals surface area contributed by atoms with Gasteiger partial charge in [-0.25, -0.2) is 0 Å². The van der Waals surface area contributed by atoms with E-state index in [1.807, 2.05) is 0 Å². The van der Waals surface area contributed by atoms with Gasteiger partial charge in [-0.15, -0.1) is 12.4 Å². The SMILES string of the molecule is CC(O)C(=O)N1CCN(CC2(C)CCNC2)CC1.Cl. The number of aliphatic hydroxyl groups excluding tert-OH is 1. The molecule has 2 aliphatic heterocycles. The largest absolute Gasteiger partial charge is 0.384 e. The summed E-state index contributed by atoms with van der Waals surface area (Å²) in [5.74, 6) is -0.136. The van der Waals surface area contributed by atoms with Crippen molar-refractivity contribution in [1.82, 2.24) is 15.1 Å². The third-order valence-electron chi connectivity index (χ3n) is 4.10. The average molecular weight is 292 g/mol. The number of nitrogens with zero attached hydrogens (tertiary/aromatic N) is 2. The van der Waals surface area contributed by atoms with Crippen LogP contribution in [0, 0.1) is 5.41 Å². The molecule has 0 aromatic heterocycles. The molecular formula is C13H26ClN3O2. The number of piperazine rings is 1. The zero-order chi connectivity index (χ0) is 13.2. The molecule has 2 heterocycles. The molecule has 2 N–H and O–H groups in total. The Morgan fingerprint density at radius 3 is 2.47 bits per heavy atom. The minimum atomic E-state index is -0.868. The van der Waals surface area contributed by atoms with Crippen molar-refractivity contribution in [3.05, 3.63) is 0 Å². The highest BCUT2D eigenvalue weighted by Crippen LogP contribution is 2.26. The molecule has 2 atom stereocenters. The molecule has 0 aromatic carbocycles. The smallest absolute Gasteiger partial charge is 0.251 e. The number of hydrogen-bond donors (Lipinski definition) is 2. The number of rotatable bonds is 3. The molecule has 2 unspecified atom stereocenters. The number of nitrogens with one attached hydrogen (secondary N) is 1. The second kappa shape index (κ2) is 6.88. The molecule has 2 saturated heterocycles. The highest BCUT2D eigenvalue weighted by atomic mass is 35.5. The monoisotopic (exact) mass is 291 g/mol. The van der Waals surface area contributed by atoms with Crippen LogP contribution >= 0.6 is 12.4 Å². The van der Waals surface area contributed by atoms with Gasteiger partial charge in [-0.05, 0) is 25.3 Å². The van der Waals surface area contributed by atoms with Crippen molar-refractivity contribution < 1.29 is 9.90 Å². The van der Waals surface area contributed by atoms with E-state index in [0.717, 1.165) is 45.8 Å². The first-order valence-electron chi connectivity index (χ1n) is 6.90. The van der Waals surface area contributed by atoms with Crippen molar-refractivity contribution in [3.8, 4) is 0 Å². The van der Waals surface area contributed by atoms with Gasteiger partial charge in [0.2, 0.25) is 0 Å². The van der Waals surface area contributed by atoms with Crippen molar-refractivity contribution in [2.24, 2.45) is 5.41 Å². The standard InChI is InChI=1S/C13H25N3O2.ClH/c1-11(17)12(18)16-7-5-15(6-8-16)10-13(2)3-4-14-9-13;/h11,14,17H,3-10H2,1-2H3;1H. The number of carbonyl (C=O) groups excluding carboxylic acids is 1. The molecule has 0 radical (unpaired) electrons. The number of amides is 1. The molecule has 112 valence electrons. The summed E-state index contributed by atoms with van der Waals surface area (Å²) in [6, 6.07) is 0. The minimum Gasteiger partial charge on any atom is -0.384 e. The molecule has 5 nitrogen and oxygen atoms in total. The molecule has 0 spiro atoms. The summed E-state index contributed by atoms with van der Waals surface area (Å²) < 4.78 is 0. The summed E-state index contributed by atoms with van der Waals surface area (Å²) in [4.78, 5) is 15.9. The van der Waals surface area contributed by atoms with Crippen LogP contribution in [0.15, 0.2) is 0 Å². The van der Waals surface area contributed by atoms with E-state index in [0.29, 0.717) is 5.41 Å². The first-order chi connectivity index (χ1) is 8.50. The van der Waals surface area contributed by atoms with Crippen LogP contribution in [0.3, 0.4) is 0 Å². The Morgan fingerprint density at radius 2 is 2.00 bits per heavy atom. The maximum Gasteiger partial charge on any atom is 0.251 e. The average Bonchev–Trinajstić information content (AvgIpc) is 2.76. The van der Waals surface area contributed by atoms with E-state index in [9.17, 15) is 9.90 Å². The van der Waals surface area contributed by atoms with E-state index in [1.54, 1.807) is 11.8 Å². The normalized spacial score (nSPS) is 29.9. The van der Waals surface area contributed by atoms with Crippen LogP contribution in [0.4, 0.5) is 0 Å². The van der Waals surface area contributed by atoms with Gasteiger partial charge in [0.25, 0.3) is 5.91 Å². The maximum atomic E-state index is 11.7. The summed E-state index contributed by atoms with van der Waals surface area (Å²) in [6.45, 7) is 10.5. The maximum absolute atomic E-state index is 11.7. The van der Waals surface area contributed by atoms with Crippen molar-refractivity contribution >= 4 is 18.3 Å². The molecule has 6 heteroatoms. The third kappa shape index (κ3) is 4.31. The molecule has 2 fully saturated rings. The highest BCUT2D eigenvalue weighted by molar-refractivity contribution is 5.85. The Balaban J connectivity index is 0.00000180. The summed E-state index contributed by atoms with van der Waals surface area (Å²) in [5, 5.41) is 12.7. The first kappa shape index (κ1) is 16.7. The van der Waals surface area contributed by atoms with E-state index in [-0.39, 0.29) is 18.3 Å². The van der Waals surface area contributed by atoms with Crippen LogP contribution in [0.1, 0.15) is 20.3 Å². The van der Waals surface area contributed by atoms with Crippen molar-refractivity contribution in [1.29, 1.82) is 0 Å². The van der Waals surface area contributed by atoms with Gasteiger partial charge in [0.1, 0.15) is 6.10 Å². The van der Waals surface area contributed by atoms with Crippen LogP contribution in [0.2, 0.25) is 0 Å². The molecule has 19 heavy (non-hydrogen) atoms. The van der Waals surface area contributed by atoms with Gasteiger partial charge >= 0.3 is 0 Å². The van der Waals surface area contributed by atoms with Crippen molar-refractivity contribution in [2.75, 3.05) is 45.8 Å². The quantitative estimate of drug-likeness (QED) is 0.765. The van der Waals surface area contributed by atoms with E-state index in [4.69, 9.17) is 0 Å². The fourth-order valence-electron chi connectivity index (χ4n) is 2.93. The highest BCUT2D eigenvalue weighted by Gasteiger charge is 2.32. The molecule has 0 aromatic rings. The Morgan fingerprint density at radius 1 is 1.37 bits per heavy atom. The van der Waals surface area contributed by atoms with Crippen molar-refractivity contribution in [2.45, 2.75) is 26.4 Å². The Bertz CT molecular complexity index is 298. The predicted molar refractivity (Wildman–Crippen MR) is 77.5 cm³/mol. The minimum absolute atomic E-state index is 0. The lowest BCUT2D eigenvalue weighted by atomic mass is 9.89. The lowest BCUT2D eigenvalue weighted by molar-refractivity contribution is -0.141. The van der Waals surface area contributed by atoms with E-state index >= 15 is 0 Å². The van der Waals surface area contributed by atoms with Gasteiger partial charge in [0, 0.05) is 39.3 Å². The predicted octanol–water partition coefficient (Wildman–Crippen LogP) is -0.0672. The zero-order valence-electron chi connectivity index (χ0n) is 11.9. The first-order valence-corrected chi connectivity index (χ1v) is 6.90. The second-order valence-electron chi connectivity index (χ2n) is 6.01. The van der Waals surface area contributed by atoms with Crippen LogP contribution in [-0.4, -0.2) is 72.7 Å². The summed E-state index contributed by atoms with van der Waals surface area (Å²) >= 11 is 0. The fourth-order valence-corrected chi connectivity index (χ4v) is 2.93. The second-order valence-corrected chi connectivity index (χ2v) is 6.01. The van der Waals surface area contributed by atoms with Gasteiger partial charge in [-0.3, -0.25) is 9.69 Å². The van der Waals surface area contributed by atoms with Gasteiger partial charge in [0.15, 0.2) is 0 Å². The molecule has 2 rings (SSSR count). The Labute approximate surface area is 121 Å². The number of carbonyl (C=O) groups is 1. The zero-order valence-corrected chi connectivity index (χ0v) is 12.7. The molecule has 0 aliphatic carbocycles. The number of aliphatic hydroxyl groups is 1. The van der Waals surface area contributed by atoms with E-state index in [2.05, 4.69) is 17.1 Å². The van der Waals surface area contributed by atoms with Gasteiger partial charge in [0.05, 0.1) is 0 Å². The Kier molecular flexibility index (Phi) is 6.05. The van der Waals surface area contributed by atoms with Crippen LogP contribution in [-0.2, 0) is 4.79 Å². The van der Waals surface area contributed by atoms with Gasteiger partial charge < -0.3 is 15.3 Å². The van der Waals surface area contributed by atoms with Crippen LogP contribution in [0.25, 0.3) is 0 Å². The van der Waals surface area contributed by atoms with E-state index < -0.39 is 6.10 Å². The molecule has 0 bridgehead atoms. The molecule has 1 amide bonds. The van der Waals surface area contributed by atoms with Gasteiger partial charge in [-0.1, -0.05) is 6.92 Å². The lowest BCUT2D eigenvalue weighted by Crippen LogP contribution is -2.53. The van der Waals surface area contributed by atoms with E-state index in [1.165, 1.54) is 6.42 Å². The van der Waals surface area contributed by atoms with Crippen LogP contribution < -0.4 is 5.32 Å².